The van der Waals surface area contributed by atoms with Crippen LogP contribution in [0.1, 0.15) is 10.4 Å². The van der Waals surface area contributed by atoms with E-state index < -0.39 is 5.91 Å². The monoisotopic (exact) mass is 218 g/mol. The van der Waals surface area contributed by atoms with Crippen LogP contribution in [0.4, 0.5) is 11.6 Å². The number of hydrogen-bond donors (Lipinski definition) is 2. The molecule has 0 spiro atoms. The molecule has 2 aromatic rings. The molecule has 0 saturated carbocycles. The van der Waals surface area contributed by atoms with Gasteiger partial charge in [0.25, 0.3) is 5.91 Å². The third-order valence-electron chi connectivity index (χ3n) is 1.90. The van der Waals surface area contributed by atoms with Crippen molar-refractivity contribution in [1.82, 2.24) is 19.7 Å². The van der Waals surface area contributed by atoms with Crippen LogP contribution in [-0.4, -0.2) is 25.7 Å². The number of rotatable bonds is 3. The number of carbonyl (C=O) groups excluding carboxylic acids is 1. The summed E-state index contributed by atoms with van der Waals surface area (Å²) in [5.74, 6) is -0.161. The maximum atomic E-state index is 10.8. The van der Waals surface area contributed by atoms with Crippen molar-refractivity contribution in [2.75, 3.05) is 5.32 Å². The highest BCUT2D eigenvalue weighted by molar-refractivity contribution is 5.92. The van der Waals surface area contributed by atoms with Gasteiger partial charge in [0.05, 0.1) is 17.4 Å². The minimum Gasteiger partial charge on any atom is -0.366 e. The Morgan fingerprint density at radius 2 is 2.06 bits per heavy atom. The molecule has 0 aliphatic carbocycles. The van der Waals surface area contributed by atoms with E-state index in [0.717, 1.165) is 5.69 Å². The summed E-state index contributed by atoms with van der Waals surface area (Å²) in [6, 6.07) is 0. The van der Waals surface area contributed by atoms with Crippen LogP contribution < -0.4 is 11.1 Å². The molecule has 7 nitrogen and oxygen atoms in total. The maximum Gasteiger partial charge on any atom is 0.251 e. The van der Waals surface area contributed by atoms with Crippen LogP contribution in [0.5, 0.6) is 0 Å². The molecule has 0 atom stereocenters. The van der Waals surface area contributed by atoms with Gasteiger partial charge in [-0.25, -0.2) is 9.97 Å². The third-order valence-corrected chi connectivity index (χ3v) is 1.90. The van der Waals surface area contributed by atoms with E-state index in [1.54, 1.807) is 17.1 Å². The van der Waals surface area contributed by atoms with Crippen molar-refractivity contribution in [3.63, 3.8) is 0 Å². The van der Waals surface area contributed by atoms with Crippen molar-refractivity contribution in [2.45, 2.75) is 0 Å². The van der Waals surface area contributed by atoms with Crippen molar-refractivity contribution < 1.29 is 4.79 Å². The molecule has 0 aromatic carbocycles. The first-order valence-corrected chi connectivity index (χ1v) is 4.52. The lowest BCUT2D eigenvalue weighted by Gasteiger charge is -2.00. The van der Waals surface area contributed by atoms with Gasteiger partial charge < -0.3 is 11.1 Å². The number of carbonyl (C=O) groups is 1. The van der Waals surface area contributed by atoms with E-state index in [0.29, 0.717) is 5.95 Å². The highest BCUT2D eigenvalue weighted by Crippen LogP contribution is 2.10. The molecule has 2 heterocycles. The predicted octanol–water partition coefficient (Wildman–Crippen LogP) is 0.0526. The Hall–Kier alpha value is -2.44. The minimum absolute atomic E-state index is 0.275. The lowest BCUT2D eigenvalue weighted by atomic mass is 10.3. The Morgan fingerprint density at radius 3 is 2.56 bits per heavy atom. The van der Waals surface area contributed by atoms with Crippen molar-refractivity contribution in [2.24, 2.45) is 12.8 Å². The van der Waals surface area contributed by atoms with Crippen molar-refractivity contribution in [3.8, 4) is 0 Å². The molecule has 0 unspecified atom stereocenters. The maximum absolute atomic E-state index is 10.8. The largest absolute Gasteiger partial charge is 0.366 e. The van der Waals surface area contributed by atoms with Gasteiger partial charge in [0.15, 0.2) is 0 Å². The second-order valence-electron chi connectivity index (χ2n) is 3.19. The number of nitrogens with zero attached hydrogens (tertiary/aromatic N) is 4. The van der Waals surface area contributed by atoms with E-state index in [2.05, 4.69) is 20.4 Å². The number of primary amides is 1. The Morgan fingerprint density at radius 1 is 1.38 bits per heavy atom. The molecular formula is C9H10N6O. The number of amides is 1. The summed E-state index contributed by atoms with van der Waals surface area (Å²) in [7, 11) is 1.81. The van der Waals surface area contributed by atoms with Gasteiger partial charge in [0, 0.05) is 25.6 Å². The molecule has 2 rings (SSSR count). The number of aromatic nitrogens is 4. The SMILES string of the molecule is Cn1cc(Nc2ncc(C(N)=O)cn2)cn1. The third kappa shape index (κ3) is 2.14. The average Bonchev–Trinajstić information content (AvgIpc) is 2.65. The van der Waals surface area contributed by atoms with Crippen molar-refractivity contribution in [1.29, 1.82) is 0 Å². The summed E-state index contributed by atoms with van der Waals surface area (Å²) in [5, 5.41) is 6.92. The van der Waals surface area contributed by atoms with Gasteiger partial charge in [-0.15, -0.1) is 0 Å². The number of nitrogens with one attached hydrogen (secondary N) is 1. The van der Waals surface area contributed by atoms with E-state index in [9.17, 15) is 4.79 Å². The average molecular weight is 218 g/mol. The normalized spacial score (nSPS) is 10.1. The minimum atomic E-state index is -0.548. The number of aryl methyl sites for hydroxylation is 1. The lowest BCUT2D eigenvalue weighted by Crippen LogP contribution is -2.12. The fourth-order valence-corrected chi connectivity index (χ4v) is 1.13. The number of nitrogens with two attached hydrogens (primary N) is 1. The first kappa shape index (κ1) is 10.1. The van der Waals surface area contributed by atoms with E-state index in [-0.39, 0.29) is 5.56 Å². The standard InChI is InChI=1S/C9H10N6O/c1-15-5-7(4-13-15)14-9-11-2-6(3-12-9)8(10)16/h2-5H,1H3,(H2,10,16)(H,11,12,14). The summed E-state index contributed by atoms with van der Waals surface area (Å²) in [4.78, 5) is 18.7. The smallest absolute Gasteiger partial charge is 0.251 e. The van der Waals surface area contributed by atoms with E-state index in [1.165, 1.54) is 12.4 Å². The molecule has 7 heteroatoms. The van der Waals surface area contributed by atoms with Crippen LogP contribution >= 0.6 is 0 Å². The van der Waals surface area contributed by atoms with Gasteiger partial charge in [-0.3, -0.25) is 9.48 Å². The van der Waals surface area contributed by atoms with Crippen LogP contribution in [0.15, 0.2) is 24.8 Å². The first-order valence-electron chi connectivity index (χ1n) is 4.52. The van der Waals surface area contributed by atoms with Gasteiger partial charge in [0.2, 0.25) is 5.95 Å². The van der Waals surface area contributed by atoms with Crippen LogP contribution in [0.2, 0.25) is 0 Å². The van der Waals surface area contributed by atoms with E-state index in [1.807, 2.05) is 7.05 Å². The quantitative estimate of drug-likeness (QED) is 0.758. The Kier molecular flexibility index (Phi) is 2.50. The van der Waals surface area contributed by atoms with Crippen LogP contribution in [-0.2, 0) is 7.05 Å². The molecule has 0 aliphatic rings. The topological polar surface area (TPSA) is 98.7 Å². The second-order valence-corrected chi connectivity index (χ2v) is 3.19. The molecule has 1 amide bonds. The summed E-state index contributed by atoms with van der Waals surface area (Å²) in [5.41, 5.74) is 6.11. The molecule has 0 aliphatic heterocycles. The highest BCUT2D eigenvalue weighted by atomic mass is 16.1. The van der Waals surface area contributed by atoms with Gasteiger partial charge in [-0.05, 0) is 0 Å². The molecule has 0 bridgehead atoms. The zero-order valence-corrected chi connectivity index (χ0v) is 8.58. The molecule has 3 N–H and O–H groups in total. The summed E-state index contributed by atoms with van der Waals surface area (Å²) in [6.45, 7) is 0. The summed E-state index contributed by atoms with van der Waals surface area (Å²) >= 11 is 0. The predicted molar refractivity (Wildman–Crippen MR) is 57.0 cm³/mol. The molecule has 0 radical (unpaired) electrons. The molecular weight excluding hydrogens is 208 g/mol. The Balaban J connectivity index is 2.14. The van der Waals surface area contributed by atoms with Crippen LogP contribution in [0, 0.1) is 0 Å². The Bertz CT molecular complexity index is 503. The number of anilines is 2. The van der Waals surface area contributed by atoms with E-state index in [4.69, 9.17) is 5.73 Å². The lowest BCUT2D eigenvalue weighted by molar-refractivity contribution is 0.0999. The Labute approximate surface area is 91.3 Å². The summed E-state index contributed by atoms with van der Waals surface area (Å²) in [6.07, 6.45) is 6.17. The van der Waals surface area contributed by atoms with Crippen LogP contribution in [0.25, 0.3) is 0 Å². The zero-order chi connectivity index (χ0) is 11.5. The van der Waals surface area contributed by atoms with Gasteiger partial charge >= 0.3 is 0 Å². The molecule has 16 heavy (non-hydrogen) atoms. The van der Waals surface area contributed by atoms with Gasteiger partial charge in [0.1, 0.15) is 0 Å². The molecule has 0 fully saturated rings. The van der Waals surface area contributed by atoms with E-state index >= 15 is 0 Å². The van der Waals surface area contributed by atoms with Crippen molar-refractivity contribution in [3.05, 3.63) is 30.4 Å². The fraction of sp³-hybridized carbons (Fsp3) is 0.111. The van der Waals surface area contributed by atoms with Gasteiger partial charge in [-0.1, -0.05) is 0 Å². The fourth-order valence-electron chi connectivity index (χ4n) is 1.13. The second kappa shape index (κ2) is 3.97. The molecule has 2 aromatic heterocycles. The summed E-state index contributed by atoms with van der Waals surface area (Å²) < 4.78 is 1.65. The zero-order valence-electron chi connectivity index (χ0n) is 8.58. The molecule has 82 valence electrons. The van der Waals surface area contributed by atoms with Crippen molar-refractivity contribution >= 4 is 17.5 Å². The first-order chi connectivity index (χ1) is 7.65. The number of hydrogen-bond acceptors (Lipinski definition) is 5. The molecule has 0 saturated heterocycles. The highest BCUT2D eigenvalue weighted by Gasteiger charge is 2.03. The van der Waals surface area contributed by atoms with Crippen LogP contribution in [0.3, 0.4) is 0 Å². The van der Waals surface area contributed by atoms with Gasteiger partial charge in [-0.2, -0.15) is 5.10 Å².